The largest absolute Gasteiger partial charge is 0.352 e. The first-order chi connectivity index (χ1) is 10.9. The summed E-state index contributed by atoms with van der Waals surface area (Å²) in [6.45, 7) is 8.49. The van der Waals surface area contributed by atoms with Crippen molar-refractivity contribution < 1.29 is 9.59 Å². The molecule has 1 rings (SSSR count). The van der Waals surface area contributed by atoms with Gasteiger partial charge in [0.2, 0.25) is 11.8 Å². The summed E-state index contributed by atoms with van der Waals surface area (Å²) in [4.78, 5) is 24.0. The van der Waals surface area contributed by atoms with E-state index < -0.39 is 5.41 Å². The Labute approximate surface area is 151 Å². The summed E-state index contributed by atoms with van der Waals surface area (Å²) >= 11 is 0. The van der Waals surface area contributed by atoms with Crippen LogP contribution in [0.3, 0.4) is 0 Å². The third-order valence-electron chi connectivity index (χ3n) is 4.42. The van der Waals surface area contributed by atoms with Crippen molar-refractivity contribution in [3.63, 3.8) is 0 Å². The molecule has 0 saturated carbocycles. The van der Waals surface area contributed by atoms with Gasteiger partial charge in [0.25, 0.3) is 0 Å². The van der Waals surface area contributed by atoms with E-state index in [9.17, 15) is 9.59 Å². The van der Waals surface area contributed by atoms with Crippen molar-refractivity contribution in [2.45, 2.75) is 47.1 Å². The van der Waals surface area contributed by atoms with Crippen LogP contribution in [0.2, 0.25) is 0 Å². The molecule has 0 saturated heterocycles. The summed E-state index contributed by atoms with van der Waals surface area (Å²) < 4.78 is 0. The Morgan fingerprint density at radius 3 is 2.08 bits per heavy atom. The number of carbonyl (C=O) groups is 2. The molecule has 0 atom stereocenters. The highest BCUT2D eigenvalue weighted by atomic mass is 35.5. The van der Waals surface area contributed by atoms with Crippen LogP contribution in [0.15, 0.2) is 24.3 Å². The summed E-state index contributed by atoms with van der Waals surface area (Å²) in [6, 6.07) is 7.49. The molecular weight excluding hydrogens is 326 g/mol. The molecule has 0 spiro atoms. The van der Waals surface area contributed by atoms with Crippen LogP contribution in [0.4, 0.5) is 5.69 Å². The average molecular weight is 356 g/mol. The van der Waals surface area contributed by atoms with Crippen LogP contribution < -0.4 is 16.4 Å². The van der Waals surface area contributed by atoms with Crippen LogP contribution in [0.5, 0.6) is 0 Å². The minimum Gasteiger partial charge on any atom is -0.352 e. The highest BCUT2D eigenvalue weighted by Gasteiger charge is 2.32. The van der Waals surface area contributed by atoms with Gasteiger partial charge in [0.1, 0.15) is 0 Å². The third-order valence-corrected chi connectivity index (χ3v) is 4.42. The van der Waals surface area contributed by atoms with Crippen LogP contribution in [-0.2, 0) is 16.1 Å². The Kier molecular flexibility index (Phi) is 9.63. The van der Waals surface area contributed by atoms with E-state index in [1.165, 1.54) is 0 Å². The number of amides is 2. The molecule has 0 aromatic heterocycles. The van der Waals surface area contributed by atoms with Gasteiger partial charge in [0.05, 0.1) is 5.41 Å². The minimum atomic E-state index is -0.481. The molecule has 0 fully saturated rings. The molecule has 0 heterocycles. The fraction of sp³-hybridized carbons (Fsp3) is 0.556. The molecular formula is C18H30ClN3O2. The minimum absolute atomic E-state index is 0. The fourth-order valence-electron chi connectivity index (χ4n) is 2.31. The first-order valence-corrected chi connectivity index (χ1v) is 8.26. The zero-order chi connectivity index (χ0) is 17.5. The Hall–Kier alpha value is -1.59. The van der Waals surface area contributed by atoms with Gasteiger partial charge in [-0.3, -0.25) is 9.59 Å². The van der Waals surface area contributed by atoms with E-state index in [0.29, 0.717) is 13.1 Å². The molecule has 2 amide bonds. The lowest BCUT2D eigenvalue weighted by Gasteiger charge is -2.28. The second-order valence-corrected chi connectivity index (χ2v) is 6.22. The lowest BCUT2D eigenvalue weighted by Crippen LogP contribution is -2.45. The van der Waals surface area contributed by atoms with Crippen molar-refractivity contribution in [1.29, 1.82) is 0 Å². The van der Waals surface area contributed by atoms with Crippen molar-refractivity contribution >= 4 is 29.9 Å². The van der Waals surface area contributed by atoms with E-state index in [1.54, 1.807) is 0 Å². The zero-order valence-corrected chi connectivity index (χ0v) is 15.8. The van der Waals surface area contributed by atoms with E-state index in [2.05, 4.69) is 10.6 Å². The summed E-state index contributed by atoms with van der Waals surface area (Å²) in [6.07, 6.45) is 1.46. The number of rotatable bonds is 8. The van der Waals surface area contributed by atoms with E-state index >= 15 is 0 Å². The van der Waals surface area contributed by atoms with Gasteiger partial charge in [-0.2, -0.15) is 0 Å². The maximum atomic E-state index is 12.4. The average Bonchev–Trinajstić information content (AvgIpc) is 2.56. The summed E-state index contributed by atoms with van der Waals surface area (Å²) in [5.41, 5.74) is 7.05. The van der Waals surface area contributed by atoms with Gasteiger partial charge in [-0.15, -0.1) is 12.4 Å². The van der Waals surface area contributed by atoms with Crippen molar-refractivity contribution in [1.82, 2.24) is 5.32 Å². The highest BCUT2D eigenvalue weighted by molar-refractivity contribution is 5.92. The van der Waals surface area contributed by atoms with Gasteiger partial charge in [0, 0.05) is 24.7 Å². The van der Waals surface area contributed by atoms with Gasteiger partial charge in [-0.1, -0.05) is 39.8 Å². The zero-order valence-electron chi connectivity index (χ0n) is 15.0. The number of benzene rings is 1. The first kappa shape index (κ1) is 22.4. The Balaban J connectivity index is 0.00000529. The highest BCUT2D eigenvalue weighted by Crippen LogP contribution is 2.25. The Morgan fingerprint density at radius 2 is 1.67 bits per heavy atom. The summed E-state index contributed by atoms with van der Waals surface area (Å²) in [5, 5.41) is 5.81. The van der Waals surface area contributed by atoms with E-state index in [4.69, 9.17) is 5.73 Å². The lowest BCUT2D eigenvalue weighted by atomic mass is 9.81. The number of hydrogen-bond donors (Lipinski definition) is 3. The van der Waals surface area contributed by atoms with Gasteiger partial charge in [0.15, 0.2) is 0 Å². The van der Waals surface area contributed by atoms with Gasteiger partial charge in [-0.05, 0) is 30.5 Å². The molecule has 1 aromatic carbocycles. The van der Waals surface area contributed by atoms with Crippen LogP contribution in [0, 0.1) is 11.3 Å². The number of hydrogen-bond acceptors (Lipinski definition) is 3. The van der Waals surface area contributed by atoms with Crippen molar-refractivity contribution in [2.75, 3.05) is 11.9 Å². The molecule has 1 aromatic rings. The SMILES string of the molecule is CCC(CC)(CN)C(=O)NCc1ccc(NC(=O)C(C)C)cc1.Cl. The predicted molar refractivity (Wildman–Crippen MR) is 101 cm³/mol. The van der Waals surface area contributed by atoms with Gasteiger partial charge >= 0.3 is 0 Å². The molecule has 4 N–H and O–H groups in total. The van der Waals surface area contributed by atoms with Gasteiger partial charge in [-0.25, -0.2) is 0 Å². The van der Waals surface area contributed by atoms with Gasteiger partial charge < -0.3 is 16.4 Å². The van der Waals surface area contributed by atoms with E-state index in [0.717, 1.165) is 24.1 Å². The summed E-state index contributed by atoms with van der Waals surface area (Å²) in [7, 11) is 0. The number of anilines is 1. The van der Waals surface area contributed by atoms with Crippen molar-refractivity contribution in [3.8, 4) is 0 Å². The predicted octanol–water partition coefficient (Wildman–Crippen LogP) is 3.08. The van der Waals surface area contributed by atoms with Crippen molar-refractivity contribution in [3.05, 3.63) is 29.8 Å². The maximum Gasteiger partial charge on any atom is 0.227 e. The Bertz CT molecular complexity index is 517. The second kappa shape index (κ2) is 10.3. The van der Waals surface area contributed by atoms with E-state index in [1.807, 2.05) is 52.0 Å². The van der Waals surface area contributed by atoms with Crippen molar-refractivity contribution in [2.24, 2.45) is 17.1 Å². The quantitative estimate of drug-likeness (QED) is 0.670. The molecule has 0 aliphatic carbocycles. The standard InChI is InChI=1S/C18H29N3O2.ClH/c1-5-18(6-2,12-19)17(23)20-11-14-7-9-15(10-8-14)21-16(22)13(3)4;/h7-10,13H,5-6,11-12,19H2,1-4H3,(H,20,23)(H,21,22);1H. The first-order valence-electron chi connectivity index (χ1n) is 8.26. The topological polar surface area (TPSA) is 84.2 Å². The second-order valence-electron chi connectivity index (χ2n) is 6.22. The monoisotopic (exact) mass is 355 g/mol. The molecule has 6 heteroatoms. The van der Waals surface area contributed by atoms with Crippen LogP contribution in [0.25, 0.3) is 0 Å². The molecule has 0 unspecified atom stereocenters. The number of nitrogens with two attached hydrogens (primary N) is 1. The lowest BCUT2D eigenvalue weighted by molar-refractivity contribution is -0.131. The fourth-order valence-corrected chi connectivity index (χ4v) is 2.31. The molecule has 0 aliphatic rings. The molecule has 0 aliphatic heterocycles. The van der Waals surface area contributed by atoms with Crippen LogP contribution in [-0.4, -0.2) is 18.4 Å². The molecule has 0 radical (unpaired) electrons. The van der Waals surface area contributed by atoms with E-state index in [-0.39, 0.29) is 30.1 Å². The third kappa shape index (κ3) is 5.80. The molecule has 0 bridgehead atoms. The number of nitrogens with one attached hydrogen (secondary N) is 2. The number of halogens is 1. The smallest absolute Gasteiger partial charge is 0.227 e. The number of carbonyl (C=O) groups excluding carboxylic acids is 2. The maximum absolute atomic E-state index is 12.4. The normalized spacial score (nSPS) is 10.9. The molecule has 5 nitrogen and oxygen atoms in total. The van der Waals surface area contributed by atoms with Crippen LogP contribution in [0.1, 0.15) is 46.1 Å². The molecule has 24 heavy (non-hydrogen) atoms. The summed E-state index contributed by atoms with van der Waals surface area (Å²) in [5.74, 6) is -0.0618. The molecule has 136 valence electrons. The Morgan fingerprint density at radius 1 is 1.12 bits per heavy atom. The van der Waals surface area contributed by atoms with Crippen LogP contribution >= 0.6 is 12.4 Å².